The van der Waals surface area contributed by atoms with E-state index in [0.717, 1.165) is 23.9 Å². The number of likely N-dealkylation sites (tertiary alicyclic amines) is 1. The second-order valence-corrected chi connectivity index (χ2v) is 5.73. The molecular weight excluding hydrogens is 232 g/mol. The predicted octanol–water partition coefficient (Wildman–Crippen LogP) is 2.47. The van der Waals surface area contributed by atoms with E-state index >= 15 is 0 Å². The zero-order chi connectivity index (χ0) is 13.7. The van der Waals surface area contributed by atoms with Gasteiger partial charge in [0.1, 0.15) is 0 Å². The minimum absolute atomic E-state index is 0.423. The Morgan fingerprint density at radius 3 is 2.63 bits per heavy atom. The fourth-order valence-corrected chi connectivity index (χ4v) is 2.66. The van der Waals surface area contributed by atoms with E-state index in [4.69, 9.17) is 5.73 Å². The summed E-state index contributed by atoms with van der Waals surface area (Å²) in [4.78, 5) is 2.56. The second kappa shape index (κ2) is 6.75. The molecule has 2 N–H and O–H groups in total. The van der Waals surface area contributed by atoms with Crippen molar-refractivity contribution in [3.05, 3.63) is 35.4 Å². The van der Waals surface area contributed by atoms with Crippen molar-refractivity contribution in [2.24, 2.45) is 17.6 Å². The van der Waals surface area contributed by atoms with Crippen molar-refractivity contribution < 1.29 is 0 Å². The number of nitrogens with zero attached hydrogens (tertiary/aromatic N) is 1. The minimum Gasteiger partial charge on any atom is -0.320 e. The van der Waals surface area contributed by atoms with Gasteiger partial charge >= 0.3 is 0 Å². The SMILES string of the molecule is CC(C)C1CCN(Cc2ccc(C#CCN)cc2)C1. The van der Waals surface area contributed by atoms with Crippen LogP contribution < -0.4 is 5.73 Å². The molecule has 1 unspecified atom stereocenters. The van der Waals surface area contributed by atoms with E-state index in [1.807, 2.05) is 0 Å². The lowest BCUT2D eigenvalue weighted by molar-refractivity contribution is 0.297. The molecule has 1 atom stereocenters. The molecule has 0 aliphatic carbocycles. The molecule has 0 spiro atoms. The highest BCUT2D eigenvalue weighted by molar-refractivity contribution is 5.36. The Balaban J connectivity index is 1.90. The van der Waals surface area contributed by atoms with Crippen molar-refractivity contribution >= 4 is 0 Å². The van der Waals surface area contributed by atoms with Crippen LogP contribution in [-0.4, -0.2) is 24.5 Å². The van der Waals surface area contributed by atoms with Crippen molar-refractivity contribution in [2.45, 2.75) is 26.8 Å². The fourth-order valence-electron chi connectivity index (χ4n) is 2.66. The molecular formula is C17H24N2. The zero-order valence-electron chi connectivity index (χ0n) is 12.0. The van der Waals surface area contributed by atoms with Crippen LogP contribution >= 0.6 is 0 Å². The monoisotopic (exact) mass is 256 g/mol. The normalized spacial score (nSPS) is 19.5. The molecule has 2 nitrogen and oxygen atoms in total. The van der Waals surface area contributed by atoms with Gasteiger partial charge in [-0.25, -0.2) is 0 Å². The third kappa shape index (κ3) is 4.09. The number of hydrogen-bond donors (Lipinski definition) is 1. The summed E-state index contributed by atoms with van der Waals surface area (Å²) < 4.78 is 0. The first kappa shape index (κ1) is 14.1. The highest BCUT2D eigenvalue weighted by Crippen LogP contribution is 2.24. The Bertz CT molecular complexity index is 450. The molecule has 0 amide bonds. The number of rotatable bonds is 3. The van der Waals surface area contributed by atoms with Gasteiger partial charge in [0.2, 0.25) is 0 Å². The molecule has 2 rings (SSSR count). The molecule has 1 aromatic carbocycles. The quantitative estimate of drug-likeness (QED) is 0.842. The molecule has 1 fully saturated rings. The van der Waals surface area contributed by atoms with Crippen molar-refractivity contribution in [3.8, 4) is 11.8 Å². The molecule has 0 aromatic heterocycles. The number of benzene rings is 1. The fraction of sp³-hybridized carbons (Fsp3) is 0.529. The maximum absolute atomic E-state index is 5.37. The molecule has 1 aromatic rings. The van der Waals surface area contributed by atoms with E-state index in [9.17, 15) is 0 Å². The van der Waals surface area contributed by atoms with Gasteiger partial charge in [0, 0.05) is 18.7 Å². The van der Waals surface area contributed by atoms with Crippen molar-refractivity contribution in [1.29, 1.82) is 0 Å². The van der Waals surface area contributed by atoms with Crippen LogP contribution in [-0.2, 0) is 6.54 Å². The standard InChI is InChI=1S/C17H24N2/c1-14(2)17-9-11-19(13-17)12-16-7-5-15(6-8-16)4-3-10-18/h5-8,14,17H,9-13,18H2,1-2H3. The van der Waals surface area contributed by atoms with Crippen molar-refractivity contribution in [1.82, 2.24) is 4.90 Å². The topological polar surface area (TPSA) is 29.3 Å². The molecule has 19 heavy (non-hydrogen) atoms. The van der Waals surface area contributed by atoms with Crippen LogP contribution in [0, 0.1) is 23.7 Å². The first-order valence-corrected chi connectivity index (χ1v) is 7.19. The molecule has 1 aliphatic rings. The van der Waals surface area contributed by atoms with Gasteiger partial charge < -0.3 is 5.73 Å². The maximum atomic E-state index is 5.37. The number of hydrogen-bond acceptors (Lipinski definition) is 2. The predicted molar refractivity (Wildman–Crippen MR) is 80.6 cm³/mol. The van der Waals surface area contributed by atoms with Crippen LogP contribution in [0.25, 0.3) is 0 Å². The van der Waals surface area contributed by atoms with Gasteiger partial charge in [0.05, 0.1) is 6.54 Å². The van der Waals surface area contributed by atoms with Gasteiger partial charge in [-0.2, -0.15) is 0 Å². The first-order chi connectivity index (χ1) is 9.19. The third-order valence-corrected chi connectivity index (χ3v) is 3.95. The molecule has 2 heteroatoms. The van der Waals surface area contributed by atoms with E-state index in [2.05, 4.69) is 54.9 Å². The summed E-state index contributed by atoms with van der Waals surface area (Å²) >= 11 is 0. The zero-order valence-corrected chi connectivity index (χ0v) is 12.0. The van der Waals surface area contributed by atoms with E-state index in [1.54, 1.807) is 0 Å². The third-order valence-electron chi connectivity index (χ3n) is 3.95. The molecule has 1 aliphatic heterocycles. The maximum Gasteiger partial charge on any atom is 0.0555 e. The summed E-state index contributed by atoms with van der Waals surface area (Å²) in [6, 6.07) is 8.55. The Morgan fingerprint density at radius 1 is 1.32 bits per heavy atom. The highest BCUT2D eigenvalue weighted by atomic mass is 15.1. The largest absolute Gasteiger partial charge is 0.320 e. The smallest absolute Gasteiger partial charge is 0.0555 e. The Kier molecular flexibility index (Phi) is 5.01. The summed E-state index contributed by atoms with van der Waals surface area (Å²) in [6.07, 6.45) is 1.34. The summed E-state index contributed by atoms with van der Waals surface area (Å²) in [5, 5.41) is 0. The van der Waals surface area contributed by atoms with Crippen molar-refractivity contribution in [3.63, 3.8) is 0 Å². The molecule has 0 saturated carbocycles. The van der Waals surface area contributed by atoms with Gasteiger partial charge in [-0.05, 0) is 42.5 Å². The first-order valence-electron chi connectivity index (χ1n) is 7.19. The van der Waals surface area contributed by atoms with Crippen LogP contribution in [0.5, 0.6) is 0 Å². The average molecular weight is 256 g/mol. The van der Waals surface area contributed by atoms with E-state index in [0.29, 0.717) is 6.54 Å². The molecule has 1 saturated heterocycles. The van der Waals surface area contributed by atoms with E-state index < -0.39 is 0 Å². The van der Waals surface area contributed by atoms with Gasteiger partial charge in [0.25, 0.3) is 0 Å². The lowest BCUT2D eigenvalue weighted by Gasteiger charge is -2.17. The summed E-state index contributed by atoms with van der Waals surface area (Å²) in [7, 11) is 0. The minimum atomic E-state index is 0.423. The Labute approximate surface area is 117 Å². The Morgan fingerprint density at radius 2 is 2.05 bits per heavy atom. The molecule has 1 heterocycles. The van der Waals surface area contributed by atoms with Crippen LogP contribution in [0.2, 0.25) is 0 Å². The van der Waals surface area contributed by atoms with Crippen LogP contribution in [0.15, 0.2) is 24.3 Å². The average Bonchev–Trinajstić information content (AvgIpc) is 2.87. The van der Waals surface area contributed by atoms with Crippen LogP contribution in [0.3, 0.4) is 0 Å². The summed E-state index contributed by atoms with van der Waals surface area (Å²) in [5.41, 5.74) is 7.80. The summed E-state index contributed by atoms with van der Waals surface area (Å²) in [6.45, 7) is 8.63. The molecule has 0 radical (unpaired) electrons. The van der Waals surface area contributed by atoms with E-state index in [-0.39, 0.29) is 0 Å². The summed E-state index contributed by atoms with van der Waals surface area (Å²) in [5.74, 6) is 7.62. The van der Waals surface area contributed by atoms with Crippen molar-refractivity contribution in [2.75, 3.05) is 19.6 Å². The lowest BCUT2D eigenvalue weighted by atomic mass is 9.95. The van der Waals surface area contributed by atoms with Crippen LogP contribution in [0.4, 0.5) is 0 Å². The van der Waals surface area contributed by atoms with Gasteiger partial charge in [-0.15, -0.1) is 0 Å². The van der Waals surface area contributed by atoms with Gasteiger partial charge in [-0.1, -0.05) is 37.8 Å². The van der Waals surface area contributed by atoms with Crippen LogP contribution in [0.1, 0.15) is 31.4 Å². The van der Waals surface area contributed by atoms with Gasteiger partial charge in [0.15, 0.2) is 0 Å². The van der Waals surface area contributed by atoms with Gasteiger partial charge in [-0.3, -0.25) is 4.90 Å². The Hall–Kier alpha value is -1.30. The second-order valence-electron chi connectivity index (χ2n) is 5.73. The lowest BCUT2D eigenvalue weighted by Crippen LogP contribution is -2.21. The highest BCUT2D eigenvalue weighted by Gasteiger charge is 2.24. The number of nitrogens with two attached hydrogens (primary N) is 1. The van der Waals surface area contributed by atoms with E-state index in [1.165, 1.54) is 25.1 Å². The molecule has 0 bridgehead atoms. The molecule has 102 valence electrons.